The van der Waals surface area contributed by atoms with Crippen LogP contribution in [-0.4, -0.2) is 37.4 Å². The molecule has 0 radical (unpaired) electrons. The van der Waals surface area contributed by atoms with Gasteiger partial charge in [-0.2, -0.15) is 4.31 Å². The van der Waals surface area contributed by atoms with E-state index in [9.17, 15) is 8.42 Å². The number of nitrogens with zero attached hydrogens (tertiary/aromatic N) is 2. The highest BCUT2D eigenvalue weighted by atomic mass is 32.2. The highest BCUT2D eigenvalue weighted by molar-refractivity contribution is 7.89. The summed E-state index contributed by atoms with van der Waals surface area (Å²) in [7, 11) is -3.43. The molecular formula is C17H20N2O3S. The molecule has 2 heterocycles. The Labute approximate surface area is 137 Å². The van der Waals surface area contributed by atoms with Crippen LogP contribution in [0.1, 0.15) is 12.0 Å². The van der Waals surface area contributed by atoms with Crippen molar-refractivity contribution in [2.75, 3.05) is 19.7 Å². The van der Waals surface area contributed by atoms with Crippen LogP contribution in [0.5, 0.6) is 0 Å². The van der Waals surface area contributed by atoms with E-state index in [1.165, 1.54) is 10.5 Å². The van der Waals surface area contributed by atoms with Crippen molar-refractivity contribution >= 4 is 10.0 Å². The van der Waals surface area contributed by atoms with Crippen LogP contribution in [0.15, 0.2) is 59.8 Å². The average molecular weight is 332 g/mol. The first-order valence-electron chi connectivity index (χ1n) is 7.68. The molecule has 0 unspecified atom stereocenters. The van der Waals surface area contributed by atoms with Crippen LogP contribution in [0, 0.1) is 5.92 Å². The van der Waals surface area contributed by atoms with E-state index in [-0.39, 0.29) is 10.8 Å². The van der Waals surface area contributed by atoms with Crippen LogP contribution in [0.4, 0.5) is 0 Å². The van der Waals surface area contributed by atoms with Crippen molar-refractivity contribution in [3.8, 4) is 0 Å². The fourth-order valence-electron chi connectivity index (χ4n) is 2.72. The van der Waals surface area contributed by atoms with Gasteiger partial charge >= 0.3 is 0 Å². The molecule has 122 valence electrons. The number of benzene rings is 1. The number of aromatic nitrogens is 1. The highest BCUT2D eigenvalue weighted by Gasteiger charge is 2.32. The maximum Gasteiger partial charge on any atom is 0.244 e. The minimum atomic E-state index is -3.43. The van der Waals surface area contributed by atoms with Crippen LogP contribution in [0.2, 0.25) is 0 Å². The summed E-state index contributed by atoms with van der Waals surface area (Å²) in [5.74, 6) is 0.241. The topological polar surface area (TPSA) is 59.5 Å². The first-order valence-corrected chi connectivity index (χ1v) is 9.12. The Hall–Kier alpha value is -1.76. The van der Waals surface area contributed by atoms with Gasteiger partial charge in [0, 0.05) is 25.5 Å². The van der Waals surface area contributed by atoms with Gasteiger partial charge in [-0.25, -0.2) is 8.42 Å². The molecule has 0 spiro atoms. The van der Waals surface area contributed by atoms with E-state index in [1.807, 2.05) is 30.3 Å². The third-order valence-electron chi connectivity index (χ3n) is 3.99. The number of sulfonamides is 1. The molecule has 6 heteroatoms. The minimum Gasteiger partial charge on any atom is -0.376 e. The smallest absolute Gasteiger partial charge is 0.244 e. The quantitative estimate of drug-likeness (QED) is 0.814. The molecule has 1 aliphatic rings. The maximum atomic E-state index is 12.5. The molecule has 0 bridgehead atoms. The molecule has 1 saturated heterocycles. The van der Waals surface area contributed by atoms with Gasteiger partial charge in [-0.3, -0.25) is 4.98 Å². The van der Waals surface area contributed by atoms with Gasteiger partial charge in [0.2, 0.25) is 10.0 Å². The molecular weight excluding hydrogens is 312 g/mol. The SMILES string of the molecule is O=S(=O)(c1cccnc1)N1CC[C@H](COCc2ccccc2)C1. The average Bonchev–Trinajstić information content (AvgIpc) is 3.06. The van der Waals surface area contributed by atoms with E-state index in [2.05, 4.69) is 4.98 Å². The first-order chi connectivity index (χ1) is 11.2. The molecule has 0 aliphatic carbocycles. The van der Waals surface area contributed by atoms with Crippen molar-refractivity contribution in [3.63, 3.8) is 0 Å². The molecule has 2 aromatic rings. The van der Waals surface area contributed by atoms with Gasteiger partial charge in [0.1, 0.15) is 4.90 Å². The van der Waals surface area contributed by atoms with Crippen LogP contribution in [0.3, 0.4) is 0 Å². The van der Waals surface area contributed by atoms with Crippen molar-refractivity contribution in [2.24, 2.45) is 5.92 Å². The van der Waals surface area contributed by atoms with Gasteiger partial charge in [0.15, 0.2) is 0 Å². The summed E-state index contributed by atoms with van der Waals surface area (Å²) in [4.78, 5) is 4.15. The molecule has 0 amide bonds. The summed E-state index contributed by atoms with van der Waals surface area (Å²) in [5.41, 5.74) is 1.13. The lowest BCUT2D eigenvalue weighted by atomic mass is 10.1. The monoisotopic (exact) mass is 332 g/mol. The molecule has 1 aromatic heterocycles. The predicted molar refractivity (Wildman–Crippen MR) is 87.2 cm³/mol. The highest BCUT2D eigenvalue weighted by Crippen LogP contribution is 2.24. The van der Waals surface area contributed by atoms with E-state index in [4.69, 9.17) is 4.74 Å². The number of hydrogen-bond donors (Lipinski definition) is 0. The first kappa shape index (κ1) is 16.1. The summed E-state index contributed by atoms with van der Waals surface area (Å²) in [6.07, 6.45) is 3.80. The Morgan fingerprint density at radius 2 is 2.00 bits per heavy atom. The minimum absolute atomic E-state index is 0.241. The normalized spacial score (nSPS) is 19.0. The van der Waals surface area contributed by atoms with Crippen LogP contribution in [0.25, 0.3) is 0 Å². The van der Waals surface area contributed by atoms with E-state index in [1.54, 1.807) is 18.3 Å². The predicted octanol–water partition coefficient (Wildman–Crippen LogP) is 2.31. The van der Waals surface area contributed by atoms with Gasteiger partial charge in [-0.15, -0.1) is 0 Å². The molecule has 1 aromatic carbocycles. The van der Waals surface area contributed by atoms with Crippen molar-refractivity contribution < 1.29 is 13.2 Å². The van der Waals surface area contributed by atoms with Crippen molar-refractivity contribution in [1.82, 2.24) is 9.29 Å². The third-order valence-corrected chi connectivity index (χ3v) is 5.83. The second kappa shape index (κ2) is 7.21. The molecule has 23 heavy (non-hydrogen) atoms. The Kier molecular flexibility index (Phi) is 5.05. The lowest BCUT2D eigenvalue weighted by Crippen LogP contribution is -2.29. The lowest BCUT2D eigenvalue weighted by Gasteiger charge is -2.16. The number of rotatable bonds is 6. The summed E-state index contributed by atoms with van der Waals surface area (Å²) in [6, 6.07) is 13.2. The third kappa shape index (κ3) is 3.96. The largest absolute Gasteiger partial charge is 0.376 e. The maximum absolute atomic E-state index is 12.5. The number of ether oxygens (including phenoxy) is 1. The lowest BCUT2D eigenvalue weighted by molar-refractivity contribution is 0.0910. The Bertz CT molecular complexity index is 720. The van der Waals surface area contributed by atoms with Crippen LogP contribution < -0.4 is 0 Å². The van der Waals surface area contributed by atoms with E-state index >= 15 is 0 Å². The Balaban J connectivity index is 1.52. The standard InChI is InChI=1S/C17H20N2O3S/c20-23(21,17-7-4-9-18-11-17)19-10-8-16(12-19)14-22-13-15-5-2-1-3-6-15/h1-7,9,11,16H,8,10,12-14H2/t16-/m0/s1. The molecule has 1 atom stereocenters. The molecule has 0 saturated carbocycles. The molecule has 5 nitrogen and oxygen atoms in total. The second-order valence-corrected chi connectivity index (χ2v) is 7.65. The van der Waals surface area contributed by atoms with E-state index < -0.39 is 10.0 Å². The van der Waals surface area contributed by atoms with Gasteiger partial charge in [-0.05, 0) is 30.0 Å². The van der Waals surface area contributed by atoms with E-state index in [0.717, 1.165) is 12.0 Å². The van der Waals surface area contributed by atoms with Crippen LogP contribution >= 0.6 is 0 Å². The van der Waals surface area contributed by atoms with Crippen molar-refractivity contribution in [3.05, 3.63) is 60.4 Å². The summed E-state index contributed by atoms with van der Waals surface area (Å²) < 4.78 is 32.3. The Morgan fingerprint density at radius 1 is 1.17 bits per heavy atom. The van der Waals surface area contributed by atoms with Gasteiger partial charge in [-0.1, -0.05) is 30.3 Å². The van der Waals surface area contributed by atoms with Crippen molar-refractivity contribution in [1.29, 1.82) is 0 Å². The summed E-state index contributed by atoms with van der Waals surface area (Å²) >= 11 is 0. The fraction of sp³-hybridized carbons (Fsp3) is 0.353. The zero-order chi connectivity index (χ0) is 16.1. The summed E-state index contributed by atoms with van der Waals surface area (Å²) in [6.45, 7) is 2.18. The Morgan fingerprint density at radius 3 is 2.74 bits per heavy atom. The molecule has 1 aliphatic heterocycles. The second-order valence-electron chi connectivity index (χ2n) is 5.71. The van der Waals surface area contributed by atoms with Gasteiger partial charge < -0.3 is 4.74 Å². The molecule has 0 N–H and O–H groups in total. The molecule has 1 fully saturated rings. The van der Waals surface area contributed by atoms with Crippen LogP contribution in [-0.2, 0) is 21.4 Å². The van der Waals surface area contributed by atoms with Crippen molar-refractivity contribution in [2.45, 2.75) is 17.9 Å². The van der Waals surface area contributed by atoms with Gasteiger partial charge in [0.25, 0.3) is 0 Å². The number of pyridine rings is 1. The van der Waals surface area contributed by atoms with E-state index in [0.29, 0.717) is 26.3 Å². The molecule has 3 rings (SSSR count). The zero-order valence-corrected chi connectivity index (χ0v) is 13.7. The fourth-order valence-corrected chi connectivity index (χ4v) is 4.21. The number of hydrogen-bond acceptors (Lipinski definition) is 4. The zero-order valence-electron chi connectivity index (χ0n) is 12.8. The summed E-state index contributed by atoms with van der Waals surface area (Å²) in [5, 5.41) is 0. The van der Waals surface area contributed by atoms with Gasteiger partial charge in [0.05, 0.1) is 13.2 Å².